The third-order valence-corrected chi connectivity index (χ3v) is 3.22. The van der Waals surface area contributed by atoms with Crippen molar-refractivity contribution >= 4 is 5.97 Å². The number of aliphatic carboxylic acids is 1. The largest absolute Gasteiger partial charge is 0.481 e. The van der Waals surface area contributed by atoms with Crippen molar-refractivity contribution in [2.24, 2.45) is 0 Å². The van der Waals surface area contributed by atoms with E-state index in [1.807, 2.05) is 30.3 Å². The summed E-state index contributed by atoms with van der Waals surface area (Å²) in [5.74, 6) is -0.828. The van der Waals surface area contributed by atoms with E-state index >= 15 is 0 Å². The molecule has 2 N–H and O–H groups in total. The van der Waals surface area contributed by atoms with Crippen molar-refractivity contribution in [3.63, 3.8) is 0 Å². The molecule has 0 bridgehead atoms. The highest BCUT2D eigenvalue weighted by Crippen LogP contribution is 2.41. The van der Waals surface area contributed by atoms with Gasteiger partial charge in [0.2, 0.25) is 0 Å². The zero-order chi connectivity index (χ0) is 10.9. The van der Waals surface area contributed by atoms with Crippen LogP contribution in [0.1, 0.15) is 24.8 Å². The first kappa shape index (κ1) is 10.2. The van der Waals surface area contributed by atoms with Gasteiger partial charge in [0.15, 0.2) is 0 Å². The first-order valence-corrected chi connectivity index (χ1v) is 5.12. The fraction of sp³-hybridized carbons (Fsp3) is 0.417. The summed E-state index contributed by atoms with van der Waals surface area (Å²) in [7, 11) is 0. The number of aliphatic hydroxyl groups is 1. The van der Waals surface area contributed by atoms with Crippen LogP contribution in [0.3, 0.4) is 0 Å². The van der Waals surface area contributed by atoms with Crippen molar-refractivity contribution < 1.29 is 15.0 Å². The highest BCUT2D eigenvalue weighted by atomic mass is 16.4. The molecule has 0 amide bonds. The van der Waals surface area contributed by atoms with Gasteiger partial charge in [0.1, 0.15) is 0 Å². The van der Waals surface area contributed by atoms with Crippen LogP contribution in [0.15, 0.2) is 30.3 Å². The molecule has 3 heteroatoms. The molecular weight excluding hydrogens is 192 g/mol. The first-order chi connectivity index (χ1) is 7.15. The van der Waals surface area contributed by atoms with Crippen LogP contribution in [0.5, 0.6) is 0 Å². The van der Waals surface area contributed by atoms with Gasteiger partial charge in [0.05, 0.1) is 11.5 Å². The monoisotopic (exact) mass is 206 g/mol. The van der Waals surface area contributed by atoms with Crippen molar-refractivity contribution in [1.29, 1.82) is 0 Å². The zero-order valence-electron chi connectivity index (χ0n) is 8.39. The Morgan fingerprint density at radius 3 is 2.47 bits per heavy atom. The quantitative estimate of drug-likeness (QED) is 0.772. The Balaban J connectivity index is 2.41. The molecule has 1 aromatic carbocycles. The Hall–Kier alpha value is -1.35. The molecule has 0 aromatic heterocycles. The van der Waals surface area contributed by atoms with Gasteiger partial charge in [0, 0.05) is 0 Å². The second-order valence-corrected chi connectivity index (χ2v) is 4.15. The van der Waals surface area contributed by atoms with E-state index < -0.39 is 17.5 Å². The average molecular weight is 206 g/mol. The molecule has 0 saturated heterocycles. The fourth-order valence-corrected chi connectivity index (χ4v) is 2.36. The van der Waals surface area contributed by atoms with Crippen LogP contribution in [0.25, 0.3) is 0 Å². The standard InChI is InChI=1S/C12H14O3/c13-10-6-7-12(8-10,11(14)15)9-4-2-1-3-5-9/h1-5,10,13H,6-8H2,(H,14,15)/t10-,12+/m1/s1. The van der Waals surface area contributed by atoms with Gasteiger partial charge in [-0.05, 0) is 24.8 Å². The van der Waals surface area contributed by atoms with Crippen LogP contribution in [-0.2, 0) is 10.2 Å². The number of aliphatic hydroxyl groups excluding tert-OH is 1. The molecule has 0 aliphatic heterocycles. The van der Waals surface area contributed by atoms with Crippen molar-refractivity contribution in [2.45, 2.75) is 30.8 Å². The van der Waals surface area contributed by atoms with Gasteiger partial charge in [-0.1, -0.05) is 30.3 Å². The Labute approximate surface area is 88.4 Å². The Morgan fingerprint density at radius 1 is 1.33 bits per heavy atom. The molecule has 1 aromatic rings. The Kier molecular flexibility index (Phi) is 2.49. The molecule has 1 aliphatic rings. The number of benzene rings is 1. The molecule has 1 saturated carbocycles. The molecule has 15 heavy (non-hydrogen) atoms. The van der Waals surface area contributed by atoms with Gasteiger partial charge in [-0.3, -0.25) is 4.79 Å². The maximum absolute atomic E-state index is 11.4. The number of rotatable bonds is 2. The lowest BCUT2D eigenvalue weighted by Gasteiger charge is -2.24. The van der Waals surface area contributed by atoms with Crippen molar-refractivity contribution in [3.8, 4) is 0 Å². The number of carboxylic acid groups (broad SMARTS) is 1. The SMILES string of the molecule is O=C(O)[C@@]1(c2ccccc2)CC[C@@H](O)C1. The summed E-state index contributed by atoms with van der Waals surface area (Å²) in [5, 5.41) is 18.8. The number of carboxylic acids is 1. The molecule has 0 heterocycles. The second-order valence-electron chi connectivity index (χ2n) is 4.15. The average Bonchev–Trinajstić information content (AvgIpc) is 2.63. The molecule has 0 spiro atoms. The number of carbonyl (C=O) groups is 1. The predicted molar refractivity (Wildman–Crippen MR) is 55.6 cm³/mol. The maximum atomic E-state index is 11.4. The van der Waals surface area contributed by atoms with Crippen LogP contribution in [0.2, 0.25) is 0 Å². The molecule has 0 radical (unpaired) electrons. The number of hydrogen-bond acceptors (Lipinski definition) is 2. The van der Waals surface area contributed by atoms with E-state index in [0.29, 0.717) is 19.3 Å². The van der Waals surface area contributed by atoms with E-state index in [1.54, 1.807) is 0 Å². The van der Waals surface area contributed by atoms with Crippen LogP contribution < -0.4 is 0 Å². The maximum Gasteiger partial charge on any atom is 0.314 e. The minimum Gasteiger partial charge on any atom is -0.481 e. The molecule has 3 nitrogen and oxygen atoms in total. The summed E-state index contributed by atoms with van der Waals surface area (Å²) in [6.07, 6.45) is 0.933. The summed E-state index contributed by atoms with van der Waals surface area (Å²) in [6, 6.07) is 9.19. The highest BCUT2D eigenvalue weighted by Gasteiger charge is 2.46. The predicted octanol–water partition coefficient (Wildman–Crippen LogP) is 1.55. The normalized spacial score (nSPS) is 30.3. The summed E-state index contributed by atoms with van der Waals surface area (Å²) in [4.78, 5) is 11.4. The molecule has 1 aliphatic carbocycles. The third kappa shape index (κ3) is 1.63. The lowest BCUT2D eigenvalue weighted by atomic mass is 9.79. The van der Waals surface area contributed by atoms with Crippen molar-refractivity contribution in [2.75, 3.05) is 0 Å². The minimum atomic E-state index is -0.874. The second kappa shape index (κ2) is 3.66. The van der Waals surface area contributed by atoms with Crippen molar-refractivity contribution in [1.82, 2.24) is 0 Å². The van der Waals surface area contributed by atoms with E-state index in [-0.39, 0.29) is 0 Å². The molecule has 2 atom stereocenters. The first-order valence-electron chi connectivity index (χ1n) is 5.12. The molecule has 2 rings (SSSR count). The molecular formula is C12H14O3. The van der Waals surface area contributed by atoms with Crippen LogP contribution in [0, 0.1) is 0 Å². The highest BCUT2D eigenvalue weighted by molar-refractivity contribution is 5.82. The van der Waals surface area contributed by atoms with E-state index in [2.05, 4.69) is 0 Å². The molecule has 0 unspecified atom stereocenters. The molecule has 1 fully saturated rings. The van der Waals surface area contributed by atoms with E-state index in [9.17, 15) is 15.0 Å². The Bertz CT molecular complexity index is 360. The Morgan fingerprint density at radius 2 is 2.00 bits per heavy atom. The minimum absolute atomic E-state index is 0.326. The fourth-order valence-electron chi connectivity index (χ4n) is 2.36. The topological polar surface area (TPSA) is 57.5 Å². The smallest absolute Gasteiger partial charge is 0.314 e. The van der Waals surface area contributed by atoms with Gasteiger partial charge in [0.25, 0.3) is 0 Å². The van der Waals surface area contributed by atoms with Crippen LogP contribution in [-0.4, -0.2) is 22.3 Å². The third-order valence-electron chi connectivity index (χ3n) is 3.22. The van der Waals surface area contributed by atoms with Gasteiger partial charge in [-0.15, -0.1) is 0 Å². The number of hydrogen-bond donors (Lipinski definition) is 2. The van der Waals surface area contributed by atoms with E-state index in [1.165, 1.54) is 0 Å². The zero-order valence-corrected chi connectivity index (χ0v) is 8.39. The molecule has 80 valence electrons. The van der Waals surface area contributed by atoms with E-state index in [4.69, 9.17) is 0 Å². The summed E-state index contributed by atoms with van der Waals surface area (Å²) >= 11 is 0. The lowest BCUT2D eigenvalue weighted by Crippen LogP contribution is -2.33. The van der Waals surface area contributed by atoms with Crippen molar-refractivity contribution in [3.05, 3.63) is 35.9 Å². The van der Waals surface area contributed by atoms with Gasteiger partial charge >= 0.3 is 5.97 Å². The van der Waals surface area contributed by atoms with Crippen LogP contribution in [0.4, 0.5) is 0 Å². The summed E-state index contributed by atoms with van der Waals surface area (Å²) in [5.41, 5.74) is -0.0743. The van der Waals surface area contributed by atoms with Gasteiger partial charge < -0.3 is 10.2 Å². The lowest BCUT2D eigenvalue weighted by molar-refractivity contribution is -0.144. The summed E-state index contributed by atoms with van der Waals surface area (Å²) in [6.45, 7) is 0. The van der Waals surface area contributed by atoms with Gasteiger partial charge in [-0.25, -0.2) is 0 Å². The summed E-state index contributed by atoms with van der Waals surface area (Å²) < 4.78 is 0. The van der Waals surface area contributed by atoms with E-state index in [0.717, 1.165) is 5.56 Å². The van der Waals surface area contributed by atoms with Crippen LogP contribution >= 0.6 is 0 Å². The van der Waals surface area contributed by atoms with Gasteiger partial charge in [-0.2, -0.15) is 0 Å².